The van der Waals surface area contributed by atoms with Crippen LogP contribution in [0.3, 0.4) is 0 Å². The molecule has 1 atom stereocenters. The molecular formula is C17H21N3O5. The second kappa shape index (κ2) is 8.29. The lowest BCUT2D eigenvalue weighted by Gasteiger charge is -2.16. The Morgan fingerprint density at radius 2 is 1.96 bits per heavy atom. The number of ether oxygens (including phenoxy) is 2. The van der Waals surface area contributed by atoms with E-state index >= 15 is 0 Å². The third kappa shape index (κ3) is 4.16. The number of rotatable bonds is 7. The highest BCUT2D eigenvalue weighted by atomic mass is 16.5. The van der Waals surface area contributed by atoms with Crippen molar-refractivity contribution in [2.24, 2.45) is 0 Å². The number of nitrogens with zero attached hydrogens (tertiary/aromatic N) is 2. The first-order chi connectivity index (χ1) is 12.0. The molecule has 2 aromatic rings. The van der Waals surface area contributed by atoms with E-state index in [9.17, 15) is 9.59 Å². The van der Waals surface area contributed by atoms with Crippen LogP contribution in [0.15, 0.2) is 35.1 Å². The van der Waals surface area contributed by atoms with E-state index in [0.29, 0.717) is 17.2 Å². The highest BCUT2D eigenvalue weighted by Crippen LogP contribution is 2.28. The molecule has 0 saturated carbocycles. The predicted molar refractivity (Wildman–Crippen MR) is 91.8 cm³/mol. The first-order valence-corrected chi connectivity index (χ1v) is 7.72. The second-order valence-electron chi connectivity index (χ2n) is 5.26. The van der Waals surface area contributed by atoms with Gasteiger partial charge < -0.3 is 19.9 Å². The molecule has 8 heteroatoms. The number of hydrogen-bond donors (Lipinski definition) is 2. The predicted octanol–water partition coefficient (Wildman–Crippen LogP) is 0.597. The molecule has 8 nitrogen and oxygen atoms in total. The molecule has 0 fully saturated rings. The van der Waals surface area contributed by atoms with Crippen molar-refractivity contribution in [3.05, 3.63) is 40.7 Å². The van der Waals surface area contributed by atoms with E-state index in [0.717, 1.165) is 10.2 Å². The lowest BCUT2D eigenvalue weighted by Crippen LogP contribution is -2.38. The molecule has 0 saturated heterocycles. The van der Waals surface area contributed by atoms with Gasteiger partial charge in [0.05, 0.1) is 20.8 Å². The molecule has 0 spiro atoms. The number of methoxy groups -OCH3 is 2. The molecule has 1 amide bonds. The zero-order chi connectivity index (χ0) is 18.4. The zero-order valence-corrected chi connectivity index (χ0v) is 14.4. The largest absolute Gasteiger partial charge is 0.497 e. The Morgan fingerprint density at radius 3 is 2.52 bits per heavy atom. The lowest BCUT2D eigenvalue weighted by atomic mass is 10.1. The summed E-state index contributed by atoms with van der Waals surface area (Å²) in [4.78, 5) is 24.3. The minimum atomic E-state index is -0.832. The van der Waals surface area contributed by atoms with Crippen LogP contribution < -0.4 is 20.3 Å². The van der Waals surface area contributed by atoms with Gasteiger partial charge in [0.25, 0.3) is 5.56 Å². The Hall–Kier alpha value is -2.87. The van der Waals surface area contributed by atoms with Crippen LogP contribution in [-0.4, -0.2) is 48.2 Å². The molecule has 25 heavy (non-hydrogen) atoms. The fraction of sp³-hybridized carbons (Fsp3) is 0.353. The summed E-state index contributed by atoms with van der Waals surface area (Å²) in [6.07, 6.45) is 0. The molecule has 2 N–H and O–H groups in total. The van der Waals surface area contributed by atoms with E-state index in [1.165, 1.54) is 13.2 Å². The number of aliphatic hydroxyl groups excluding tert-OH is 1. The number of carbonyl (C=O) groups is 1. The van der Waals surface area contributed by atoms with Crippen molar-refractivity contribution in [3.63, 3.8) is 0 Å². The number of nitrogens with one attached hydrogen (secondary N) is 1. The van der Waals surface area contributed by atoms with Crippen LogP contribution in [-0.2, 0) is 4.79 Å². The van der Waals surface area contributed by atoms with Crippen LogP contribution in [0.2, 0.25) is 0 Å². The topological polar surface area (TPSA) is 103 Å². The Bertz CT molecular complexity index is 786. The zero-order valence-electron chi connectivity index (χ0n) is 14.4. The van der Waals surface area contributed by atoms with E-state index in [-0.39, 0.29) is 13.2 Å². The van der Waals surface area contributed by atoms with Gasteiger partial charge in [-0.05, 0) is 31.2 Å². The molecule has 0 radical (unpaired) electrons. The number of amides is 1. The average molecular weight is 347 g/mol. The molecule has 2 rings (SSSR count). The normalized spacial score (nSPS) is 11.7. The quantitative estimate of drug-likeness (QED) is 0.760. The second-order valence-corrected chi connectivity index (χ2v) is 5.26. The van der Waals surface area contributed by atoms with Crippen molar-refractivity contribution >= 4 is 5.91 Å². The highest BCUT2D eigenvalue weighted by Gasteiger charge is 2.20. The Balaban J connectivity index is 2.45. The van der Waals surface area contributed by atoms with Crippen LogP contribution in [0.25, 0.3) is 11.3 Å². The molecule has 0 aliphatic rings. The fourth-order valence-corrected chi connectivity index (χ4v) is 2.27. The summed E-state index contributed by atoms with van der Waals surface area (Å²) < 4.78 is 11.5. The smallest absolute Gasteiger partial charge is 0.271 e. The third-order valence-electron chi connectivity index (χ3n) is 3.66. The fourth-order valence-electron chi connectivity index (χ4n) is 2.27. The molecule has 1 aromatic carbocycles. The van der Waals surface area contributed by atoms with E-state index in [4.69, 9.17) is 14.6 Å². The van der Waals surface area contributed by atoms with Gasteiger partial charge in [-0.15, -0.1) is 0 Å². The number of hydrogen-bond acceptors (Lipinski definition) is 6. The summed E-state index contributed by atoms with van der Waals surface area (Å²) in [6, 6.07) is 7.57. The monoisotopic (exact) mass is 347 g/mol. The van der Waals surface area contributed by atoms with Crippen LogP contribution in [0.4, 0.5) is 0 Å². The van der Waals surface area contributed by atoms with Crippen molar-refractivity contribution in [1.29, 1.82) is 0 Å². The van der Waals surface area contributed by atoms with Gasteiger partial charge in [-0.25, -0.2) is 4.68 Å². The molecule has 0 bridgehead atoms. The summed E-state index contributed by atoms with van der Waals surface area (Å²) in [5.74, 6) is 0.594. The minimum Gasteiger partial charge on any atom is -0.497 e. The number of benzene rings is 1. The standard InChI is InChI=1S/C17H21N3O5/c1-11(17(23)18-8-9-21)20-15(22)10-14(25-3)16(19-20)12-4-6-13(24-2)7-5-12/h4-7,10-11,21H,8-9H2,1-3H3,(H,18,23)/t11-/m0/s1. The van der Waals surface area contributed by atoms with Crippen LogP contribution >= 0.6 is 0 Å². The highest BCUT2D eigenvalue weighted by molar-refractivity contribution is 5.79. The summed E-state index contributed by atoms with van der Waals surface area (Å²) in [7, 11) is 3.02. The summed E-state index contributed by atoms with van der Waals surface area (Å²) in [6.45, 7) is 1.49. The number of aliphatic hydroxyl groups is 1. The maximum Gasteiger partial charge on any atom is 0.271 e. The Kier molecular flexibility index (Phi) is 6.13. The summed E-state index contributed by atoms with van der Waals surface area (Å²) >= 11 is 0. The van der Waals surface area contributed by atoms with Crippen molar-refractivity contribution in [3.8, 4) is 22.8 Å². The Morgan fingerprint density at radius 1 is 1.28 bits per heavy atom. The third-order valence-corrected chi connectivity index (χ3v) is 3.66. The van der Waals surface area contributed by atoms with E-state index in [1.54, 1.807) is 38.3 Å². The van der Waals surface area contributed by atoms with Gasteiger partial charge in [0.1, 0.15) is 17.5 Å². The van der Waals surface area contributed by atoms with Crippen molar-refractivity contribution in [1.82, 2.24) is 15.1 Å². The van der Waals surface area contributed by atoms with Crippen molar-refractivity contribution in [2.45, 2.75) is 13.0 Å². The number of aromatic nitrogens is 2. The van der Waals surface area contributed by atoms with E-state index < -0.39 is 17.5 Å². The van der Waals surface area contributed by atoms with E-state index in [1.807, 2.05) is 0 Å². The average Bonchev–Trinajstić information content (AvgIpc) is 2.65. The molecule has 0 aliphatic carbocycles. The maximum atomic E-state index is 12.3. The molecular weight excluding hydrogens is 326 g/mol. The van der Waals surface area contributed by atoms with Gasteiger partial charge in [-0.1, -0.05) is 0 Å². The molecule has 0 aliphatic heterocycles. The molecule has 1 aromatic heterocycles. The van der Waals surface area contributed by atoms with Gasteiger partial charge >= 0.3 is 0 Å². The van der Waals surface area contributed by atoms with Crippen LogP contribution in [0.5, 0.6) is 11.5 Å². The van der Waals surface area contributed by atoms with Gasteiger partial charge in [-0.3, -0.25) is 9.59 Å². The summed E-state index contributed by atoms with van der Waals surface area (Å²) in [5.41, 5.74) is 0.696. The molecule has 1 heterocycles. The minimum absolute atomic E-state index is 0.111. The van der Waals surface area contributed by atoms with Crippen molar-refractivity contribution in [2.75, 3.05) is 27.4 Å². The molecule has 0 unspecified atom stereocenters. The van der Waals surface area contributed by atoms with Crippen molar-refractivity contribution < 1.29 is 19.4 Å². The number of carbonyl (C=O) groups excluding carboxylic acids is 1. The summed E-state index contributed by atoms with van der Waals surface area (Å²) in [5, 5.41) is 15.6. The van der Waals surface area contributed by atoms with Gasteiger partial charge in [0.2, 0.25) is 5.91 Å². The first kappa shape index (κ1) is 18.5. The maximum absolute atomic E-state index is 12.3. The Labute approximate surface area is 145 Å². The van der Waals surface area contributed by atoms with Gasteiger partial charge in [-0.2, -0.15) is 5.10 Å². The van der Waals surface area contributed by atoms with Gasteiger partial charge in [0.15, 0.2) is 5.75 Å². The SMILES string of the molecule is COc1ccc(-c2nn([C@@H](C)C(=O)NCCO)c(=O)cc2OC)cc1. The van der Waals surface area contributed by atoms with E-state index in [2.05, 4.69) is 10.4 Å². The molecule has 134 valence electrons. The lowest BCUT2D eigenvalue weighted by molar-refractivity contribution is -0.124. The van der Waals surface area contributed by atoms with Crippen LogP contribution in [0.1, 0.15) is 13.0 Å². The first-order valence-electron chi connectivity index (χ1n) is 7.72. The van der Waals surface area contributed by atoms with Gasteiger partial charge in [0, 0.05) is 18.2 Å². The van der Waals surface area contributed by atoms with Crippen LogP contribution in [0, 0.1) is 0 Å².